The van der Waals surface area contributed by atoms with Crippen LogP contribution in [0.2, 0.25) is 0 Å². The molecular weight excluding hydrogens is 254 g/mol. The molecule has 0 spiro atoms. The molecule has 0 aliphatic heterocycles. The molecule has 3 rings (SSSR count). The molecule has 2 aromatic heterocycles. The Kier molecular flexibility index (Phi) is 3.13. The number of fused-ring (bicyclic) bond motifs is 1. The summed E-state index contributed by atoms with van der Waals surface area (Å²) in [6.45, 7) is 1.89. The van der Waals surface area contributed by atoms with E-state index in [1.807, 2.05) is 31.2 Å². The number of pyridine rings is 1. The SMILES string of the molecule is CCC(=O)c1ccc(-c2cccc3cccnc23)s1. The third kappa shape index (κ3) is 2.17. The number of nitrogens with zero attached hydrogens (tertiary/aromatic N) is 1. The molecule has 3 heteroatoms. The van der Waals surface area contributed by atoms with E-state index in [1.54, 1.807) is 17.5 Å². The van der Waals surface area contributed by atoms with Crippen LogP contribution in [0.5, 0.6) is 0 Å². The number of para-hydroxylation sites is 1. The van der Waals surface area contributed by atoms with Crippen LogP contribution in [0, 0.1) is 0 Å². The average molecular weight is 267 g/mol. The first-order chi connectivity index (χ1) is 9.29. The van der Waals surface area contributed by atoms with Gasteiger partial charge < -0.3 is 0 Å². The molecule has 2 heterocycles. The molecule has 0 radical (unpaired) electrons. The van der Waals surface area contributed by atoms with Crippen molar-refractivity contribution >= 4 is 28.0 Å². The van der Waals surface area contributed by atoms with Crippen molar-refractivity contribution in [2.24, 2.45) is 0 Å². The maximum atomic E-state index is 11.7. The lowest BCUT2D eigenvalue weighted by Crippen LogP contribution is -1.90. The van der Waals surface area contributed by atoms with E-state index in [0.717, 1.165) is 26.2 Å². The van der Waals surface area contributed by atoms with Gasteiger partial charge in [0.05, 0.1) is 10.4 Å². The minimum Gasteiger partial charge on any atom is -0.293 e. The standard InChI is InChI=1S/C16H13NOS/c1-2-13(18)15-9-8-14(19-15)12-7-3-5-11-6-4-10-17-16(11)12/h3-10H,2H2,1H3. The summed E-state index contributed by atoms with van der Waals surface area (Å²) in [5.74, 6) is 0.199. The molecule has 0 atom stereocenters. The van der Waals surface area contributed by atoms with Gasteiger partial charge in [0.2, 0.25) is 0 Å². The minimum atomic E-state index is 0.199. The Morgan fingerprint density at radius 2 is 2.00 bits per heavy atom. The van der Waals surface area contributed by atoms with Crippen molar-refractivity contribution < 1.29 is 4.79 Å². The lowest BCUT2D eigenvalue weighted by molar-refractivity contribution is 0.0992. The topological polar surface area (TPSA) is 30.0 Å². The highest BCUT2D eigenvalue weighted by molar-refractivity contribution is 7.17. The van der Waals surface area contributed by atoms with Crippen LogP contribution in [-0.4, -0.2) is 10.8 Å². The summed E-state index contributed by atoms with van der Waals surface area (Å²) in [6, 6.07) is 14.0. The number of rotatable bonds is 3. The van der Waals surface area contributed by atoms with Gasteiger partial charge in [-0.1, -0.05) is 31.2 Å². The summed E-state index contributed by atoms with van der Waals surface area (Å²) >= 11 is 1.54. The van der Waals surface area contributed by atoms with Crippen LogP contribution in [0.4, 0.5) is 0 Å². The number of ketones is 1. The van der Waals surface area contributed by atoms with E-state index >= 15 is 0 Å². The Bertz CT molecular complexity index is 740. The lowest BCUT2D eigenvalue weighted by atomic mass is 10.1. The number of carbonyl (C=O) groups is 1. The van der Waals surface area contributed by atoms with Crippen LogP contribution in [0.1, 0.15) is 23.0 Å². The third-order valence-corrected chi connectivity index (χ3v) is 4.26. The van der Waals surface area contributed by atoms with Gasteiger partial charge in [-0.05, 0) is 18.2 Å². The van der Waals surface area contributed by atoms with E-state index in [0.29, 0.717) is 6.42 Å². The normalized spacial score (nSPS) is 10.8. The van der Waals surface area contributed by atoms with E-state index in [9.17, 15) is 4.79 Å². The molecule has 19 heavy (non-hydrogen) atoms. The van der Waals surface area contributed by atoms with Crippen molar-refractivity contribution in [1.29, 1.82) is 0 Å². The van der Waals surface area contributed by atoms with E-state index < -0.39 is 0 Å². The monoisotopic (exact) mass is 267 g/mol. The minimum absolute atomic E-state index is 0.199. The van der Waals surface area contributed by atoms with Crippen molar-refractivity contribution in [1.82, 2.24) is 4.98 Å². The molecule has 3 aromatic rings. The molecule has 1 aromatic carbocycles. The fourth-order valence-electron chi connectivity index (χ4n) is 2.11. The number of carbonyl (C=O) groups excluding carboxylic acids is 1. The van der Waals surface area contributed by atoms with Crippen LogP contribution in [0.15, 0.2) is 48.7 Å². The molecule has 0 saturated carbocycles. The smallest absolute Gasteiger partial charge is 0.172 e. The van der Waals surface area contributed by atoms with E-state index in [2.05, 4.69) is 23.2 Å². The van der Waals surface area contributed by atoms with Crippen LogP contribution < -0.4 is 0 Å². The fourth-order valence-corrected chi connectivity index (χ4v) is 3.15. The Morgan fingerprint density at radius 1 is 1.16 bits per heavy atom. The van der Waals surface area contributed by atoms with Crippen molar-refractivity contribution in [3.05, 3.63) is 53.5 Å². The zero-order chi connectivity index (χ0) is 13.2. The van der Waals surface area contributed by atoms with Gasteiger partial charge in [-0.15, -0.1) is 11.3 Å². The fraction of sp³-hybridized carbons (Fsp3) is 0.125. The summed E-state index contributed by atoms with van der Waals surface area (Å²) in [6.07, 6.45) is 2.35. The molecular formula is C16H13NOS. The zero-order valence-corrected chi connectivity index (χ0v) is 11.4. The Balaban J connectivity index is 2.14. The summed E-state index contributed by atoms with van der Waals surface area (Å²) in [7, 11) is 0. The molecule has 0 aliphatic rings. The van der Waals surface area contributed by atoms with Gasteiger partial charge in [0.25, 0.3) is 0 Å². The first-order valence-electron chi connectivity index (χ1n) is 6.26. The summed E-state index contributed by atoms with van der Waals surface area (Å²) in [4.78, 5) is 18.1. The van der Waals surface area contributed by atoms with Gasteiger partial charge in [0, 0.05) is 28.4 Å². The highest BCUT2D eigenvalue weighted by Gasteiger charge is 2.10. The van der Waals surface area contributed by atoms with Crippen molar-refractivity contribution in [2.75, 3.05) is 0 Å². The van der Waals surface area contributed by atoms with Crippen LogP contribution in [0.25, 0.3) is 21.3 Å². The zero-order valence-electron chi connectivity index (χ0n) is 10.6. The average Bonchev–Trinajstić information content (AvgIpc) is 2.95. The molecule has 2 nitrogen and oxygen atoms in total. The Hall–Kier alpha value is -2.00. The molecule has 0 bridgehead atoms. The lowest BCUT2D eigenvalue weighted by Gasteiger charge is -2.02. The largest absolute Gasteiger partial charge is 0.293 e. The predicted octanol–water partition coefficient (Wildman–Crippen LogP) is 4.56. The molecule has 0 N–H and O–H groups in total. The maximum Gasteiger partial charge on any atom is 0.172 e. The first-order valence-corrected chi connectivity index (χ1v) is 7.08. The van der Waals surface area contributed by atoms with Gasteiger partial charge in [0.15, 0.2) is 5.78 Å². The predicted molar refractivity (Wildman–Crippen MR) is 79.7 cm³/mol. The Labute approximate surface area is 115 Å². The number of Topliss-reactive ketones (excluding diaryl/α,β-unsaturated/α-hetero) is 1. The van der Waals surface area contributed by atoms with Gasteiger partial charge in [-0.3, -0.25) is 9.78 Å². The number of hydrogen-bond donors (Lipinski definition) is 0. The van der Waals surface area contributed by atoms with Crippen molar-refractivity contribution in [3.63, 3.8) is 0 Å². The van der Waals surface area contributed by atoms with Crippen LogP contribution in [-0.2, 0) is 0 Å². The van der Waals surface area contributed by atoms with Gasteiger partial charge in [0.1, 0.15) is 0 Å². The summed E-state index contributed by atoms with van der Waals surface area (Å²) in [5.41, 5.74) is 2.08. The maximum absolute atomic E-state index is 11.7. The van der Waals surface area contributed by atoms with Gasteiger partial charge in [-0.25, -0.2) is 0 Å². The molecule has 0 fully saturated rings. The summed E-state index contributed by atoms with van der Waals surface area (Å²) in [5, 5.41) is 1.12. The second kappa shape index (κ2) is 4.94. The van der Waals surface area contributed by atoms with Crippen molar-refractivity contribution in [3.8, 4) is 10.4 Å². The number of benzene rings is 1. The van der Waals surface area contributed by atoms with Gasteiger partial charge in [-0.2, -0.15) is 0 Å². The van der Waals surface area contributed by atoms with Gasteiger partial charge >= 0.3 is 0 Å². The molecule has 0 aliphatic carbocycles. The van der Waals surface area contributed by atoms with E-state index in [4.69, 9.17) is 0 Å². The first kappa shape index (κ1) is 12.1. The molecule has 0 saturated heterocycles. The van der Waals surface area contributed by atoms with Crippen molar-refractivity contribution in [2.45, 2.75) is 13.3 Å². The second-order valence-corrected chi connectivity index (χ2v) is 5.41. The van der Waals surface area contributed by atoms with E-state index in [-0.39, 0.29) is 5.78 Å². The highest BCUT2D eigenvalue weighted by atomic mass is 32.1. The third-order valence-electron chi connectivity index (χ3n) is 3.10. The van der Waals surface area contributed by atoms with Crippen LogP contribution >= 0.6 is 11.3 Å². The molecule has 0 unspecified atom stereocenters. The second-order valence-electron chi connectivity index (χ2n) is 4.32. The molecule has 0 amide bonds. The number of hydrogen-bond acceptors (Lipinski definition) is 3. The van der Waals surface area contributed by atoms with E-state index in [1.165, 1.54) is 0 Å². The quantitative estimate of drug-likeness (QED) is 0.651. The molecule has 94 valence electrons. The highest BCUT2D eigenvalue weighted by Crippen LogP contribution is 2.32. The van der Waals surface area contributed by atoms with Crippen LogP contribution in [0.3, 0.4) is 0 Å². The number of aromatic nitrogens is 1. The Morgan fingerprint density at radius 3 is 2.84 bits per heavy atom. The summed E-state index contributed by atoms with van der Waals surface area (Å²) < 4.78 is 0. The number of thiophene rings is 1.